The van der Waals surface area contributed by atoms with E-state index in [1.54, 1.807) is 0 Å². The van der Waals surface area contributed by atoms with E-state index in [1.165, 1.54) is 5.56 Å². The average molecular weight is 326 g/mol. The van der Waals surface area contributed by atoms with E-state index < -0.39 is 0 Å². The van der Waals surface area contributed by atoms with Crippen molar-refractivity contribution in [3.63, 3.8) is 0 Å². The van der Waals surface area contributed by atoms with Crippen LogP contribution >= 0.6 is 0 Å². The molecule has 3 rings (SSSR count). The third kappa shape index (κ3) is 4.06. The average Bonchev–Trinajstić information content (AvgIpc) is 3.02. The normalized spacial score (nSPS) is 12.2. The zero-order valence-corrected chi connectivity index (χ0v) is 14.0. The van der Waals surface area contributed by atoms with Crippen LogP contribution in [0.1, 0.15) is 23.1 Å². The van der Waals surface area contributed by atoms with Gasteiger partial charge in [-0.1, -0.05) is 23.8 Å². The van der Waals surface area contributed by atoms with E-state index in [4.69, 9.17) is 9.47 Å². The van der Waals surface area contributed by atoms with Crippen molar-refractivity contribution in [2.45, 2.75) is 26.8 Å². The van der Waals surface area contributed by atoms with Gasteiger partial charge in [-0.3, -0.25) is 4.79 Å². The molecule has 1 amide bonds. The Morgan fingerprint density at radius 3 is 2.75 bits per heavy atom. The van der Waals surface area contributed by atoms with Crippen LogP contribution in [0.2, 0.25) is 0 Å². The highest BCUT2D eigenvalue weighted by atomic mass is 16.7. The summed E-state index contributed by atoms with van der Waals surface area (Å²) in [5.74, 6) is 1.58. The fourth-order valence-electron chi connectivity index (χ4n) is 2.65. The standard InChI is InChI=1S/C19H22N2O3/c1-13-3-5-16(14(2)9-13)21-19(22)7-8-20-11-15-4-6-17-18(10-15)24-12-23-17/h3-6,9-10,20H,7-8,11-12H2,1-2H3,(H,21,22). The van der Waals surface area contributed by atoms with Crippen LogP contribution in [0.15, 0.2) is 36.4 Å². The van der Waals surface area contributed by atoms with E-state index in [1.807, 2.05) is 44.2 Å². The SMILES string of the molecule is Cc1ccc(NC(=O)CCNCc2ccc3c(c2)OCO3)c(C)c1. The molecule has 0 aliphatic carbocycles. The second-order valence-corrected chi connectivity index (χ2v) is 5.98. The molecule has 0 spiro atoms. The van der Waals surface area contributed by atoms with Crippen molar-refractivity contribution in [2.24, 2.45) is 0 Å². The van der Waals surface area contributed by atoms with E-state index in [9.17, 15) is 4.79 Å². The highest BCUT2D eigenvalue weighted by molar-refractivity contribution is 5.91. The van der Waals surface area contributed by atoms with Gasteiger partial charge < -0.3 is 20.1 Å². The Kier molecular flexibility index (Phi) is 5.01. The quantitative estimate of drug-likeness (QED) is 0.801. The second kappa shape index (κ2) is 7.36. The van der Waals surface area contributed by atoms with Crippen molar-refractivity contribution in [3.05, 3.63) is 53.1 Å². The number of nitrogens with one attached hydrogen (secondary N) is 2. The predicted molar refractivity (Wildman–Crippen MR) is 93.4 cm³/mol. The summed E-state index contributed by atoms with van der Waals surface area (Å²) in [7, 11) is 0. The monoisotopic (exact) mass is 326 g/mol. The van der Waals surface area contributed by atoms with Crippen LogP contribution in [0.5, 0.6) is 11.5 Å². The first-order valence-corrected chi connectivity index (χ1v) is 8.08. The molecular formula is C19H22N2O3. The lowest BCUT2D eigenvalue weighted by atomic mass is 10.1. The fraction of sp³-hybridized carbons (Fsp3) is 0.316. The number of benzene rings is 2. The van der Waals surface area contributed by atoms with Crippen molar-refractivity contribution in [3.8, 4) is 11.5 Å². The first-order chi connectivity index (χ1) is 11.6. The summed E-state index contributed by atoms with van der Waals surface area (Å²) in [6.45, 7) is 5.63. The topological polar surface area (TPSA) is 59.6 Å². The predicted octanol–water partition coefficient (Wildman–Crippen LogP) is 3.15. The van der Waals surface area contributed by atoms with Crippen molar-refractivity contribution < 1.29 is 14.3 Å². The third-order valence-electron chi connectivity index (χ3n) is 3.95. The number of anilines is 1. The van der Waals surface area contributed by atoms with Crippen LogP contribution in [0.4, 0.5) is 5.69 Å². The van der Waals surface area contributed by atoms with Crippen LogP contribution < -0.4 is 20.1 Å². The summed E-state index contributed by atoms with van der Waals surface area (Å²) in [6.07, 6.45) is 0.428. The lowest BCUT2D eigenvalue weighted by Crippen LogP contribution is -2.21. The molecule has 0 atom stereocenters. The Balaban J connectivity index is 1.42. The Morgan fingerprint density at radius 1 is 1.08 bits per heavy atom. The number of amides is 1. The molecule has 0 saturated carbocycles. The molecule has 0 bridgehead atoms. The van der Waals surface area contributed by atoms with Gasteiger partial charge >= 0.3 is 0 Å². The van der Waals surface area contributed by atoms with Crippen molar-refractivity contribution in [2.75, 3.05) is 18.7 Å². The van der Waals surface area contributed by atoms with Gasteiger partial charge in [-0.2, -0.15) is 0 Å². The summed E-state index contributed by atoms with van der Waals surface area (Å²) >= 11 is 0. The maximum absolute atomic E-state index is 12.0. The van der Waals surface area contributed by atoms with E-state index in [-0.39, 0.29) is 12.7 Å². The van der Waals surface area contributed by atoms with Gasteiger partial charge in [0.15, 0.2) is 11.5 Å². The summed E-state index contributed by atoms with van der Waals surface area (Å²) in [5.41, 5.74) is 4.25. The van der Waals surface area contributed by atoms with Gasteiger partial charge in [0.1, 0.15) is 0 Å². The Hall–Kier alpha value is -2.53. The van der Waals surface area contributed by atoms with E-state index in [0.717, 1.165) is 28.3 Å². The molecule has 1 heterocycles. The highest BCUT2D eigenvalue weighted by Crippen LogP contribution is 2.32. The minimum Gasteiger partial charge on any atom is -0.454 e. The molecule has 2 aromatic rings. The second-order valence-electron chi connectivity index (χ2n) is 5.98. The maximum atomic E-state index is 12.0. The van der Waals surface area contributed by atoms with Gasteiger partial charge in [-0.05, 0) is 43.2 Å². The molecule has 0 fully saturated rings. The summed E-state index contributed by atoms with van der Waals surface area (Å²) in [5, 5.41) is 6.23. The molecular weight excluding hydrogens is 304 g/mol. The first-order valence-electron chi connectivity index (χ1n) is 8.08. The molecule has 0 saturated heterocycles. The molecule has 0 radical (unpaired) electrons. The minimum absolute atomic E-state index is 0.0140. The van der Waals surface area contributed by atoms with Gasteiger partial charge in [-0.15, -0.1) is 0 Å². The zero-order valence-electron chi connectivity index (χ0n) is 14.0. The molecule has 126 valence electrons. The Bertz CT molecular complexity index is 743. The molecule has 5 nitrogen and oxygen atoms in total. The Labute approximate surface area is 142 Å². The van der Waals surface area contributed by atoms with Crippen LogP contribution in [-0.2, 0) is 11.3 Å². The van der Waals surface area contributed by atoms with Crippen molar-refractivity contribution >= 4 is 11.6 Å². The molecule has 2 aromatic carbocycles. The zero-order chi connectivity index (χ0) is 16.9. The number of carbonyl (C=O) groups is 1. The van der Waals surface area contributed by atoms with Crippen LogP contribution in [-0.4, -0.2) is 19.2 Å². The Morgan fingerprint density at radius 2 is 1.92 bits per heavy atom. The van der Waals surface area contributed by atoms with E-state index in [2.05, 4.69) is 16.7 Å². The number of ether oxygens (including phenoxy) is 2. The van der Waals surface area contributed by atoms with Crippen LogP contribution in [0, 0.1) is 13.8 Å². The number of hydrogen-bond acceptors (Lipinski definition) is 4. The molecule has 0 unspecified atom stereocenters. The molecule has 24 heavy (non-hydrogen) atoms. The van der Waals surface area contributed by atoms with Gasteiger partial charge in [0.25, 0.3) is 0 Å². The lowest BCUT2D eigenvalue weighted by Gasteiger charge is -2.10. The molecule has 5 heteroatoms. The van der Waals surface area contributed by atoms with Gasteiger partial charge in [-0.25, -0.2) is 0 Å². The maximum Gasteiger partial charge on any atom is 0.231 e. The minimum atomic E-state index is 0.0140. The number of carbonyl (C=O) groups excluding carboxylic acids is 1. The van der Waals surface area contributed by atoms with Crippen LogP contribution in [0.3, 0.4) is 0 Å². The summed E-state index contributed by atoms with van der Waals surface area (Å²) < 4.78 is 10.6. The van der Waals surface area contributed by atoms with Crippen molar-refractivity contribution in [1.29, 1.82) is 0 Å². The van der Waals surface area contributed by atoms with Gasteiger partial charge in [0.2, 0.25) is 12.7 Å². The van der Waals surface area contributed by atoms with Gasteiger partial charge in [0, 0.05) is 25.2 Å². The number of hydrogen-bond donors (Lipinski definition) is 2. The first kappa shape index (κ1) is 16.3. The number of rotatable bonds is 6. The summed E-state index contributed by atoms with van der Waals surface area (Å²) in [6, 6.07) is 11.9. The summed E-state index contributed by atoms with van der Waals surface area (Å²) in [4.78, 5) is 12.0. The number of aryl methyl sites for hydroxylation is 2. The third-order valence-corrected chi connectivity index (χ3v) is 3.95. The highest BCUT2D eigenvalue weighted by Gasteiger charge is 2.13. The van der Waals surface area contributed by atoms with E-state index in [0.29, 0.717) is 19.5 Å². The fourth-order valence-corrected chi connectivity index (χ4v) is 2.65. The van der Waals surface area contributed by atoms with Crippen LogP contribution in [0.25, 0.3) is 0 Å². The van der Waals surface area contributed by atoms with Gasteiger partial charge in [0.05, 0.1) is 0 Å². The largest absolute Gasteiger partial charge is 0.454 e. The molecule has 0 aromatic heterocycles. The number of fused-ring (bicyclic) bond motifs is 1. The van der Waals surface area contributed by atoms with Crippen molar-refractivity contribution in [1.82, 2.24) is 5.32 Å². The molecule has 2 N–H and O–H groups in total. The lowest BCUT2D eigenvalue weighted by molar-refractivity contribution is -0.116. The molecule has 1 aliphatic heterocycles. The molecule has 1 aliphatic rings. The van der Waals surface area contributed by atoms with E-state index >= 15 is 0 Å². The smallest absolute Gasteiger partial charge is 0.231 e.